The Bertz CT molecular complexity index is 1090. The van der Waals surface area contributed by atoms with Gasteiger partial charge in [0.05, 0.1) is 6.04 Å². The lowest BCUT2D eigenvalue weighted by Gasteiger charge is -2.17. The van der Waals surface area contributed by atoms with Crippen molar-refractivity contribution in [1.29, 1.82) is 0 Å². The van der Waals surface area contributed by atoms with E-state index in [2.05, 4.69) is 14.7 Å². The highest BCUT2D eigenvalue weighted by Gasteiger charge is 2.38. The van der Waals surface area contributed by atoms with Crippen molar-refractivity contribution in [3.8, 4) is 0 Å². The van der Waals surface area contributed by atoms with E-state index >= 15 is 0 Å². The van der Waals surface area contributed by atoms with E-state index < -0.39 is 16.1 Å². The van der Waals surface area contributed by atoms with Crippen LogP contribution in [0.4, 0.5) is 0 Å². The van der Waals surface area contributed by atoms with Crippen LogP contribution in [0.2, 0.25) is 5.02 Å². The number of halogens is 1. The first kappa shape index (κ1) is 17.9. The summed E-state index contributed by atoms with van der Waals surface area (Å²) in [5.41, 5.74) is 0.823. The second kappa shape index (κ2) is 6.56. The fourth-order valence-corrected chi connectivity index (χ4v) is 6.35. The van der Waals surface area contributed by atoms with Crippen molar-refractivity contribution in [3.63, 3.8) is 0 Å². The van der Waals surface area contributed by atoms with Gasteiger partial charge in [-0.15, -0.1) is 11.3 Å². The molecular weight excluding hydrogens is 390 g/mol. The van der Waals surface area contributed by atoms with Gasteiger partial charge in [-0.05, 0) is 56.9 Å². The summed E-state index contributed by atoms with van der Waals surface area (Å²) in [5.74, 6) is 0.770. The van der Waals surface area contributed by atoms with E-state index in [9.17, 15) is 8.42 Å². The zero-order valence-corrected chi connectivity index (χ0v) is 16.7. The van der Waals surface area contributed by atoms with E-state index in [1.807, 2.05) is 19.9 Å². The number of aromatic nitrogens is 2. The number of aryl methyl sites for hydroxylation is 2. The topological polar surface area (TPSA) is 72.0 Å². The van der Waals surface area contributed by atoms with Gasteiger partial charge in [0.25, 0.3) is 0 Å². The van der Waals surface area contributed by atoms with E-state index in [1.165, 1.54) is 11.3 Å². The van der Waals surface area contributed by atoms with Crippen LogP contribution in [0.15, 0.2) is 35.4 Å². The van der Waals surface area contributed by atoms with Gasteiger partial charge in [-0.2, -0.15) is 0 Å². The second-order valence-corrected chi connectivity index (χ2v) is 9.96. The van der Waals surface area contributed by atoms with Gasteiger partial charge in [0.2, 0.25) is 10.0 Å². The molecule has 1 aliphatic carbocycles. The van der Waals surface area contributed by atoms with Crippen LogP contribution in [0.1, 0.15) is 35.3 Å². The van der Waals surface area contributed by atoms with Gasteiger partial charge in [0, 0.05) is 31.9 Å². The summed E-state index contributed by atoms with van der Waals surface area (Å²) in [7, 11) is -3.73. The Morgan fingerprint density at radius 2 is 2.04 bits per heavy atom. The number of fused-ring (bicyclic) bond motifs is 1. The molecule has 26 heavy (non-hydrogen) atoms. The zero-order valence-electron chi connectivity index (χ0n) is 14.4. The Kier molecular flexibility index (Phi) is 4.51. The summed E-state index contributed by atoms with van der Waals surface area (Å²) in [5, 5.41) is 1.18. The third kappa shape index (κ3) is 3.36. The lowest BCUT2D eigenvalue weighted by atomic mass is 10.2. The Balaban J connectivity index is 1.77. The molecule has 0 amide bonds. The molecule has 0 bridgehead atoms. The number of hydrogen-bond acceptors (Lipinski definition) is 5. The maximum absolute atomic E-state index is 13.2. The highest BCUT2D eigenvalue weighted by molar-refractivity contribution is 7.90. The molecule has 1 fully saturated rings. The van der Waals surface area contributed by atoms with Crippen molar-refractivity contribution in [3.05, 3.63) is 51.9 Å². The molecule has 2 heterocycles. The third-order valence-electron chi connectivity index (χ3n) is 4.50. The van der Waals surface area contributed by atoms with E-state index in [1.54, 1.807) is 24.4 Å². The molecule has 0 spiro atoms. The third-order valence-corrected chi connectivity index (χ3v) is 7.58. The molecule has 1 unspecified atom stereocenters. The van der Waals surface area contributed by atoms with Gasteiger partial charge in [-0.25, -0.2) is 23.1 Å². The monoisotopic (exact) mass is 407 g/mol. The number of nitrogens with zero attached hydrogens (tertiary/aromatic N) is 2. The highest BCUT2D eigenvalue weighted by atomic mass is 35.5. The first-order chi connectivity index (χ1) is 12.3. The fraction of sp³-hybridized carbons (Fsp3) is 0.333. The van der Waals surface area contributed by atoms with Crippen LogP contribution in [0, 0.1) is 19.8 Å². The molecule has 1 saturated carbocycles. The maximum atomic E-state index is 13.2. The average Bonchev–Trinajstić information content (AvgIpc) is 3.35. The second-order valence-electron chi connectivity index (χ2n) is 6.62. The summed E-state index contributed by atoms with van der Waals surface area (Å²) in [6.45, 7) is 3.70. The molecule has 0 radical (unpaired) electrons. The fourth-order valence-electron chi connectivity index (χ4n) is 3.14. The van der Waals surface area contributed by atoms with Crippen molar-refractivity contribution in [2.45, 2.75) is 37.6 Å². The lowest BCUT2D eigenvalue weighted by Crippen LogP contribution is -2.31. The summed E-state index contributed by atoms with van der Waals surface area (Å²) < 4.78 is 30.2. The number of rotatable bonds is 5. The van der Waals surface area contributed by atoms with Crippen molar-refractivity contribution in [1.82, 2.24) is 14.7 Å². The molecule has 3 aromatic rings. The number of nitrogens with one attached hydrogen (secondary N) is 1. The average molecular weight is 408 g/mol. The van der Waals surface area contributed by atoms with Crippen LogP contribution in [0.25, 0.3) is 10.1 Å². The highest BCUT2D eigenvalue weighted by Crippen LogP contribution is 2.42. The minimum atomic E-state index is -3.73. The SMILES string of the molecule is Cc1ccnc(C(NS(=O)(=O)c2c(C)sc3ccc(Cl)cc23)C2CC2)n1. The van der Waals surface area contributed by atoms with Crippen molar-refractivity contribution in [2.75, 3.05) is 0 Å². The number of thiophene rings is 1. The van der Waals surface area contributed by atoms with Crippen molar-refractivity contribution < 1.29 is 8.42 Å². The maximum Gasteiger partial charge on any atom is 0.242 e. The number of hydrogen-bond donors (Lipinski definition) is 1. The summed E-state index contributed by atoms with van der Waals surface area (Å²) in [4.78, 5) is 9.80. The van der Waals surface area contributed by atoms with E-state index in [4.69, 9.17) is 11.6 Å². The normalized spacial score (nSPS) is 16.1. The lowest BCUT2D eigenvalue weighted by molar-refractivity contribution is 0.510. The molecule has 4 rings (SSSR count). The zero-order chi connectivity index (χ0) is 18.5. The molecule has 0 aliphatic heterocycles. The number of sulfonamides is 1. The predicted molar refractivity (Wildman–Crippen MR) is 104 cm³/mol. The Hall–Kier alpha value is -1.54. The molecule has 1 N–H and O–H groups in total. The largest absolute Gasteiger partial charge is 0.242 e. The first-order valence-corrected chi connectivity index (χ1v) is 11.0. The van der Waals surface area contributed by atoms with E-state index in [0.717, 1.165) is 28.1 Å². The van der Waals surface area contributed by atoms with E-state index in [0.29, 0.717) is 21.1 Å². The van der Waals surface area contributed by atoms with Gasteiger partial charge in [-0.1, -0.05) is 11.6 Å². The van der Waals surface area contributed by atoms with Gasteiger partial charge in [0.15, 0.2) is 0 Å². The molecule has 5 nitrogen and oxygen atoms in total. The molecule has 2 aromatic heterocycles. The Morgan fingerprint density at radius 1 is 1.27 bits per heavy atom. The predicted octanol–water partition coefficient (Wildman–Crippen LogP) is 4.39. The first-order valence-electron chi connectivity index (χ1n) is 8.36. The van der Waals surface area contributed by atoms with Gasteiger partial charge < -0.3 is 0 Å². The molecule has 0 saturated heterocycles. The molecule has 136 valence electrons. The van der Waals surface area contributed by atoms with Gasteiger partial charge in [0.1, 0.15) is 10.7 Å². The summed E-state index contributed by atoms with van der Waals surface area (Å²) in [6.07, 6.45) is 3.62. The van der Waals surface area contributed by atoms with Crippen LogP contribution in [0.5, 0.6) is 0 Å². The molecular formula is C18H18ClN3O2S2. The van der Waals surface area contributed by atoms with Crippen LogP contribution in [-0.2, 0) is 10.0 Å². The standard InChI is InChI=1S/C18H18ClN3O2S2/c1-10-7-8-20-18(21-10)16(12-3-4-12)22-26(23,24)17-11(2)25-15-6-5-13(19)9-14(15)17/h5-9,12,16,22H,3-4H2,1-2H3. The van der Waals surface area contributed by atoms with Crippen LogP contribution >= 0.6 is 22.9 Å². The Labute approximate surface area is 161 Å². The van der Waals surface area contributed by atoms with Gasteiger partial charge >= 0.3 is 0 Å². The number of benzene rings is 1. The summed E-state index contributed by atoms with van der Waals surface area (Å²) >= 11 is 7.55. The summed E-state index contributed by atoms with van der Waals surface area (Å²) in [6, 6.07) is 6.74. The van der Waals surface area contributed by atoms with Crippen LogP contribution < -0.4 is 4.72 Å². The minimum Gasteiger partial charge on any atom is -0.240 e. The molecule has 1 atom stereocenters. The van der Waals surface area contributed by atoms with Crippen molar-refractivity contribution >= 4 is 43.0 Å². The molecule has 8 heteroatoms. The van der Waals surface area contributed by atoms with Crippen molar-refractivity contribution in [2.24, 2.45) is 5.92 Å². The molecule has 1 aliphatic rings. The van der Waals surface area contributed by atoms with Gasteiger partial charge in [-0.3, -0.25) is 0 Å². The van der Waals surface area contributed by atoms with E-state index in [-0.39, 0.29) is 5.92 Å². The smallest absolute Gasteiger partial charge is 0.240 e. The van der Waals surface area contributed by atoms with Crippen LogP contribution in [0.3, 0.4) is 0 Å². The minimum absolute atomic E-state index is 0.236. The quantitative estimate of drug-likeness (QED) is 0.680. The van der Waals surface area contributed by atoms with Crippen LogP contribution in [-0.4, -0.2) is 18.4 Å². The molecule has 1 aromatic carbocycles. The Morgan fingerprint density at radius 3 is 2.73 bits per heavy atom.